The van der Waals surface area contributed by atoms with Crippen molar-refractivity contribution in [1.82, 2.24) is 10.3 Å². The predicted molar refractivity (Wildman–Crippen MR) is 55.7 cm³/mol. The van der Waals surface area contributed by atoms with E-state index in [4.69, 9.17) is 0 Å². The highest BCUT2D eigenvalue weighted by Crippen LogP contribution is 2.20. The number of alkyl halides is 3. The first-order valence-corrected chi connectivity index (χ1v) is 5.51. The third-order valence-corrected chi connectivity index (χ3v) is 2.67. The summed E-state index contributed by atoms with van der Waals surface area (Å²) in [6.45, 7) is 0.426. The number of thiazole rings is 1. The highest BCUT2D eigenvalue weighted by Gasteiger charge is 2.32. The van der Waals surface area contributed by atoms with Gasteiger partial charge in [0.15, 0.2) is 0 Å². The number of hydrogen-bond donors (Lipinski definition) is 1. The second-order valence-electron chi connectivity index (χ2n) is 3.24. The number of rotatable bonds is 4. The Morgan fingerprint density at radius 3 is 2.71 bits per heavy atom. The van der Waals surface area contributed by atoms with Crippen molar-refractivity contribution in [1.29, 1.82) is 0 Å². The van der Waals surface area contributed by atoms with E-state index in [1.807, 2.05) is 0 Å². The summed E-state index contributed by atoms with van der Waals surface area (Å²) in [4.78, 5) is 15.3. The second kappa shape index (κ2) is 5.46. The van der Waals surface area contributed by atoms with E-state index in [1.165, 1.54) is 16.7 Å². The molecule has 1 unspecified atom stereocenters. The molecular formula is C9H11F3N2O2S. The van der Waals surface area contributed by atoms with Crippen LogP contribution >= 0.6 is 11.3 Å². The van der Waals surface area contributed by atoms with Gasteiger partial charge in [0.05, 0.1) is 24.4 Å². The summed E-state index contributed by atoms with van der Waals surface area (Å²) >= 11 is 1.25. The van der Waals surface area contributed by atoms with Crippen molar-refractivity contribution in [2.75, 3.05) is 13.7 Å². The number of nitrogens with zero attached hydrogens (tertiary/aromatic N) is 1. The molecule has 0 saturated heterocycles. The van der Waals surface area contributed by atoms with Crippen LogP contribution in [-0.4, -0.2) is 30.8 Å². The molecule has 0 spiro atoms. The number of aromatic nitrogens is 1. The topological polar surface area (TPSA) is 51.2 Å². The highest BCUT2D eigenvalue weighted by molar-refractivity contribution is 7.09. The molecule has 1 aromatic heterocycles. The van der Waals surface area contributed by atoms with Crippen molar-refractivity contribution in [3.8, 4) is 0 Å². The molecule has 0 aromatic carbocycles. The summed E-state index contributed by atoms with van der Waals surface area (Å²) in [5.41, 5.74) is 0.239. The Morgan fingerprint density at radius 2 is 2.29 bits per heavy atom. The van der Waals surface area contributed by atoms with E-state index < -0.39 is 24.7 Å². The first kappa shape index (κ1) is 13.9. The molecule has 0 fully saturated rings. The van der Waals surface area contributed by atoms with Crippen LogP contribution in [0.2, 0.25) is 0 Å². The van der Waals surface area contributed by atoms with Crippen molar-refractivity contribution in [2.45, 2.75) is 19.1 Å². The van der Waals surface area contributed by atoms with Crippen LogP contribution < -0.4 is 5.32 Å². The molecule has 1 atom stereocenters. The number of aryl methyl sites for hydroxylation is 1. The Balaban J connectivity index is 2.78. The number of nitrogens with one attached hydrogen (secondary N) is 1. The van der Waals surface area contributed by atoms with Gasteiger partial charge in [0, 0.05) is 5.38 Å². The highest BCUT2D eigenvalue weighted by atomic mass is 32.1. The van der Waals surface area contributed by atoms with Crippen molar-refractivity contribution < 1.29 is 22.7 Å². The molecule has 96 valence electrons. The quantitative estimate of drug-likeness (QED) is 0.846. The zero-order valence-electron chi connectivity index (χ0n) is 9.17. The molecule has 17 heavy (non-hydrogen) atoms. The summed E-state index contributed by atoms with van der Waals surface area (Å²) in [6, 6.07) is -1.19. The Hall–Kier alpha value is -1.15. The Kier molecular flexibility index (Phi) is 4.47. The van der Waals surface area contributed by atoms with Crippen LogP contribution in [0.5, 0.6) is 0 Å². The number of halogens is 3. The zero-order valence-corrected chi connectivity index (χ0v) is 9.98. The molecule has 8 heteroatoms. The number of methoxy groups -OCH3 is 1. The van der Waals surface area contributed by atoms with Gasteiger partial charge in [0.1, 0.15) is 6.04 Å². The molecule has 0 aliphatic carbocycles. The largest absolute Gasteiger partial charge is 0.468 e. The smallest absolute Gasteiger partial charge is 0.401 e. The lowest BCUT2D eigenvalue weighted by Gasteiger charge is -2.15. The van der Waals surface area contributed by atoms with Crippen molar-refractivity contribution >= 4 is 17.3 Å². The van der Waals surface area contributed by atoms with E-state index in [2.05, 4.69) is 15.0 Å². The first-order valence-electron chi connectivity index (χ1n) is 4.63. The average molecular weight is 268 g/mol. The molecule has 0 amide bonds. The fourth-order valence-electron chi connectivity index (χ4n) is 1.16. The number of carbonyl (C=O) groups is 1. The Bertz CT molecular complexity index is 392. The van der Waals surface area contributed by atoms with E-state index in [-0.39, 0.29) is 5.69 Å². The van der Waals surface area contributed by atoms with Gasteiger partial charge in [-0.2, -0.15) is 13.2 Å². The van der Waals surface area contributed by atoms with Crippen LogP contribution in [0.3, 0.4) is 0 Å². The number of esters is 1. The third kappa shape index (κ3) is 4.31. The average Bonchev–Trinajstić information content (AvgIpc) is 2.63. The van der Waals surface area contributed by atoms with Gasteiger partial charge in [-0.25, -0.2) is 9.78 Å². The van der Waals surface area contributed by atoms with Crippen molar-refractivity contribution in [2.24, 2.45) is 0 Å². The molecule has 0 bridgehead atoms. The number of carbonyl (C=O) groups excluding carboxylic acids is 1. The minimum Gasteiger partial charge on any atom is -0.468 e. The fourth-order valence-corrected chi connectivity index (χ4v) is 1.80. The summed E-state index contributed by atoms with van der Waals surface area (Å²) in [7, 11) is 1.11. The standard InChI is InChI=1S/C9H11F3N2O2S/c1-5-14-6(3-17-5)7(8(15)16-2)13-4-9(10,11)12/h3,7,13H,4H2,1-2H3. The van der Waals surface area contributed by atoms with Crippen LogP contribution in [0.1, 0.15) is 16.7 Å². The number of ether oxygens (including phenoxy) is 1. The molecule has 1 rings (SSSR count). The van der Waals surface area contributed by atoms with E-state index in [0.29, 0.717) is 5.01 Å². The normalized spacial score (nSPS) is 13.5. The maximum absolute atomic E-state index is 12.1. The van der Waals surface area contributed by atoms with Crippen LogP contribution in [0.4, 0.5) is 13.2 Å². The second-order valence-corrected chi connectivity index (χ2v) is 4.31. The summed E-state index contributed by atoms with van der Waals surface area (Å²) in [5.74, 6) is -0.792. The lowest BCUT2D eigenvalue weighted by molar-refractivity contribution is -0.146. The molecule has 0 radical (unpaired) electrons. The molecule has 0 aliphatic heterocycles. The fraction of sp³-hybridized carbons (Fsp3) is 0.556. The summed E-state index contributed by atoms with van der Waals surface area (Å²) in [6.07, 6.45) is -4.39. The summed E-state index contributed by atoms with van der Waals surface area (Å²) in [5, 5.41) is 4.28. The Labute approximate surface area is 99.8 Å². The molecule has 1 heterocycles. The van der Waals surface area contributed by atoms with E-state index >= 15 is 0 Å². The van der Waals surface area contributed by atoms with Crippen LogP contribution in [0.25, 0.3) is 0 Å². The summed E-state index contributed by atoms with van der Waals surface area (Å²) < 4.78 is 40.7. The molecule has 0 aliphatic rings. The third-order valence-electron chi connectivity index (χ3n) is 1.88. The minimum absolute atomic E-state index is 0.239. The lowest BCUT2D eigenvalue weighted by Crippen LogP contribution is -2.36. The van der Waals surface area contributed by atoms with Gasteiger partial charge in [-0.05, 0) is 6.92 Å². The Morgan fingerprint density at radius 1 is 1.65 bits per heavy atom. The maximum atomic E-state index is 12.1. The monoisotopic (exact) mass is 268 g/mol. The van der Waals surface area contributed by atoms with Crippen LogP contribution in [0.15, 0.2) is 5.38 Å². The maximum Gasteiger partial charge on any atom is 0.401 e. The van der Waals surface area contributed by atoms with Gasteiger partial charge < -0.3 is 4.74 Å². The molecular weight excluding hydrogens is 257 g/mol. The zero-order chi connectivity index (χ0) is 13.1. The van der Waals surface area contributed by atoms with Crippen LogP contribution in [0, 0.1) is 6.92 Å². The first-order chi connectivity index (χ1) is 7.83. The van der Waals surface area contributed by atoms with E-state index in [1.54, 1.807) is 6.92 Å². The van der Waals surface area contributed by atoms with Crippen molar-refractivity contribution in [3.63, 3.8) is 0 Å². The molecule has 4 nitrogen and oxygen atoms in total. The van der Waals surface area contributed by atoms with Gasteiger partial charge in [0.2, 0.25) is 0 Å². The van der Waals surface area contributed by atoms with Gasteiger partial charge in [-0.15, -0.1) is 11.3 Å². The lowest BCUT2D eigenvalue weighted by atomic mass is 10.2. The molecule has 0 saturated carbocycles. The molecule has 1 aromatic rings. The van der Waals surface area contributed by atoms with Gasteiger partial charge >= 0.3 is 12.1 Å². The van der Waals surface area contributed by atoms with E-state index in [9.17, 15) is 18.0 Å². The minimum atomic E-state index is -4.39. The predicted octanol–water partition coefficient (Wildman–Crippen LogP) is 1.82. The number of hydrogen-bond acceptors (Lipinski definition) is 5. The van der Waals surface area contributed by atoms with E-state index in [0.717, 1.165) is 7.11 Å². The SMILES string of the molecule is COC(=O)C(NCC(F)(F)F)c1csc(C)n1. The van der Waals surface area contributed by atoms with Crippen LogP contribution in [-0.2, 0) is 9.53 Å². The van der Waals surface area contributed by atoms with Gasteiger partial charge in [-0.3, -0.25) is 5.32 Å². The van der Waals surface area contributed by atoms with Gasteiger partial charge in [-0.1, -0.05) is 0 Å². The van der Waals surface area contributed by atoms with Crippen molar-refractivity contribution in [3.05, 3.63) is 16.1 Å². The van der Waals surface area contributed by atoms with Gasteiger partial charge in [0.25, 0.3) is 0 Å². The molecule has 1 N–H and O–H groups in total.